The average molecular weight is 939 g/mol. The molecule has 66 heavy (non-hydrogen) atoms. The molecule has 2 aromatic carbocycles. The average Bonchev–Trinajstić information content (AvgIpc) is 3.23. The zero-order chi connectivity index (χ0) is 49.3. The van der Waals surface area contributed by atoms with Crippen molar-refractivity contribution in [2.24, 2.45) is 11.3 Å². The molecule has 360 valence electrons. The van der Waals surface area contributed by atoms with Crippen LogP contribution in [0.15, 0.2) is 76.4 Å². The number of benzene rings is 2. The van der Waals surface area contributed by atoms with Gasteiger partial charge in [0, 0.05) is 38.4 Å². The van der Waals surface area contributed by atoms with Gasteiger partial charge < -0.3 is 43.5 Å². The quantitative estimate of drug-likeness (QED) is 0.0741. The van der Waals surface area contributed by atoms with Gasteiger partial charge in [-0.15, -0.1) is 0 Å². The van der Waals surface area contributed by atoms with E-state index in [0.717, 1.165) is 37.8 Å². The molecule has 1 fully saturated rings. The van der Waals surface area contributed by atoms with E-state index in [1.165, 1.54) is 0 Å². The molecule has 3 aromatic rings. The number of hydrogen-bond donors (Lipinski definition) is 3. The number of esters is 4. The Kier molecular flexibility index (Phi) is 17.4. The number of methoxy groups -OCH3 is 1. The number of aromatic amines is 1. The number of aromatic nitrogens is 2. The van der Waals surface area contributed by atoms with Crippen LogP contribution in [0.25, 0.3) is 0 Å². The Bertz CT molecular complexity index is 2320. The summed E-state index contributed by atoms with van der Waals surface area (Å²) in [5.74, 6) is -4.74. The van der Waals surface area contributed by atoms with Crippen molar-refractivity contribution >= 4 is 44.2 Å². The number of carbonyl (C=O) groups excluding carboxylic acids is 6. The number of amides is 2. The van der Waals surface area contributed by atoms with Crippen molar-refractivity contribution in [1.29, 1.82) is 0 Å². The highest BCUT2D eigenvalue weighted by Crippen LogP contribution is 2.43. The number of carbonyl (C=O) groups is 6. The Morgan fingerprint density at radius 2 is 1.50 bits per heavy atom. The van der Waals surface area contributed by atoms with Gasteiger partial charge in [-0.3, -0.25) is 33.5 Å². The zero-order valence-electron chi connectivity index (χ0n) is 39.5. The van der Waals surface area contributed by atoms with Gasteiger partial charge in [-0.05, 0) is 62.2 Å². The lowest BCUT2D eigenvalue weighted by Gasteiger charge is -2.43. The van der Waals surface area contributed by atoms with E-state index >= 15 is 0 Å². The molecule has 2 heterocycles. The molecule has 1 aliphatic rings. The Morgan fingerprint density at radius 3 is 2.05 bits per heavy atom. The molecule has 4 rings (SSSR count). The second-order valence-corrected chi connectivity index (χ2v) is 23.4. The molecule has 0 spiro atoms. The molecule has 1 saturated heterocycles. The van der Waals surface area contributed by atoms with Gasteiger partial charge in [-0.1, -0.05) is 70.2 Å². The molecule has 2 amide bonds. The lowest BCUT2D eigenvalue weighted by Crippen LogP contribution is -2.62. The van der Waals surface area contributed by atoms with E-state index in [2.05, 4.69) is 15.6 Å². The maximum atomic E-state index is 15.0. The van der Waals surface area contributed by atoms with Crippen molar-refractivity contribution in [2.75, 3.05) is 7.11 Å². The van der Waals surface area contributed by atoms with Crippen LogP contribution in [0.3, 0.4) is 0 Å². The van der Waals surface area contributed by atoms with Gasteiger partial charge in [0.1, 0.15) is 24.5 Å². The van der Waals surface area contributed by atoms with E-state index in [-0.39, 0.29) is 23.8 Å². The van der Waals surface area contributed by atoms with E-state index < -0.39 is 110 Å². The minimum atomic E-state index is -2.71. The highest BCUT2D eigenvalue weighted by molar-refractivity contribution is 6.74. The van der Waals surface area contributed by atoms with E-state index in [4.69, 9.17) is 32.8 Å². The number of alkyl carbamates (subject to hydrolysis) is 1. The van der Waals surface area contributed by atoms with Crippen LogP contribution < -0.4 is 26.6 Å². The predicted octanol–water partition coefficient (Wildman–Crippen LogP) is 4.99. The standard InChI is InChI=1S/C46H62N4O15Si/c1-26(37(65-66(11,12)46(7,8)9)30-18-20-31(21-19-30)63-42(56)45(4,5)6)35(49-44(58)60-25-29-16-14-13-15-17-29)39(54)48-36(41(55)59-10)32-24-33(61-27(2)51)38(62-28(3)52)40(64-32)50-23-22-34(53)47-43(50)57/h13-23,26,32-33,35-38,40H,24-25H2,1-12H3,(H,48,54)(H,49,58)(H,47,53,57)/t26-,32-,33+,35-,36-,37-,38+,40+/m0/s1. The molecular formula is C46H62N4O15Si. The van der Waals surface area contributed by atoms with Crippen molar-refractivity contribution in [3.05, 3.63) is 98.8 Å². The molecule has 20 heteroatoms. The number of nitrogens with zero attached hydrogens (tertiary/aromatic N) is 1. The van der Waals surface area contributed by atoms with E-state index in [1.54, 1.807) is 82.3 Å². The monoisotopic (exact) mass is 938 g/mol. The Labute approximate surface area is 384 Å². The highest BCUT2D eigenvalue weighted by atomic mass is 28.4. The van der Waals surface area contributed by atoms with Crippen molar-refractivity contribution in [3.63, 3.8) is 0 Å². The summed E-state index contributed by atoms with van der Waals surface area (Å²) < 4.78 is 41.6. The van der Waals surface area contributed by atoms with Gasteiger partial charge in [0.05, 0.1) is 24.7 Å². The fourth-order valence-corrected chi connectivity index (χ4v) is 8.05. The van der Waals surface area contributed by atoms with Gasteiger partial charge in [0.15, 0.2) is 26.7 Å². The molecule has 0 radical (unpaired) electrons. The van der Waals surface area contributed by atoms with Gasteiger partial charge in [0.25, 0.3) is 5.56 Å². The van der Waals surface area contributed by atoms with Gasteiger partial charge >= 0.3 is 35.7 Å². The fourth-order valence-electron chi connectivity index (χ4n) is 6.71. The van der Waals surface area contributed by atoms with Crippen LogP contribution in [0.4, 0.5) is 4.79 Å². The fraction of sp³-hybridized carbons (Fsp3) is 0.522. The number of H-pyrrole nitrogens is 1. The van der Waals surface area contributed by atoms with Crippen molar-refractivity contribution in [2.45, 2.75) is 136 Å². The third-order valence-corrected chi connectivity index (χ3v) is 15.8. The molecule has 0 bridgehead atoms. The summed E-state index contributed by atoms with van der Waals surface area (Å²) in [7, 11) is -1.65. The second-order valence-electron chi connectivity index (χ2n) is 18.6. The SMILES string of the molecule is COC(=O)[C@@H](NC(=O)[C@@H](NC(=O)OCc1ccccc1)[C@H](C)[C@H](O[Si](C)(C)C(C)(C)C)c1ccc(OC(=O)C(C)(C)C)cc1)[C@@H]1C[C@@H](OC(C)=O)[C@@H](OC(C)=O)[C@H](n2ccc(=O)[nH]c2=O)O1. The first-order chi connectivity index (χ1) is 30.7. The van der Waals surface area contributed by atoms with Crippen molar-refractivity contribution in [1.82, 2.24) is 20.2 Å². The molecular weight excluding hydrogens is 877 g/mol. The predicted molar refractivity (Wildman–Crippen MR) is 240 cm³/mol. The van der Waals surface area contributed by atoms with Crippen LogP contribution in [-0.2, 0) is 58.7 Å². The lowest BCUT2D eigenvalue weighted by atomic mass is 9.89. The first-order valence-corrected chi connectivity index (χ1v) is 24.3. The largest absolute Gasteiger partial charge is 0.467 e. The van der Waals surface area contributed by atoms with Crippen LogP contribution in [0.1, 0.15) is 92.2 Å². The summed E-state index contributed by atoms with van der Waals surface area (Å²) in [5.41, 5.74) is -1.30. The van der Waals surface area contributed by atoms with Crippen LogP contribution >= 0.6 is 0 Å². The van der Waals surface area contributed by atoms with E-state index in [1.807, 2.05) is 33.9 Å². The Hall–Kier alpha value is -6.12. The Morgan fingerprint density at radius 1 is 0.879 bits per heavy atom. The maximum Gasteiger partial charge on any atom is 0.408 e. The summed E-state index contributed by atoms with van der Waals surface area (Å²) in [4.78, 5) is 107. The van der Waals surface area contributed by atoms with Crippen molar-refractivity contribution in [3.8, 4) is 5.75 Å². The zero-order valence-corrected chi connectivity index (χ0v) is 40.5. The third-order valence-electron chi connectivity index (χ3n) is 11.3. The van der Waals surface area contributed by atoms with Crippen molar-refractivity contribution < 1.29 is 61.6 Å². The number of hydrogen-bond acceptors (Lipinski definition) is 15. The molecule has 8 atom stereocenters. The first kappa shape index (κ1) is 52.5. The maximum absolute atomic E-state index is 15.0. The first-order valence-electron chi connectivity index (χ1n) is 21.4. The van der Waals surface area contributed by atoms with E-state index in [0.29, 0.717) is 11.1 Å². The molecule has 1 aliphatic heterocycles. The number of rotatable bonds is 16. The number of nitrogens with one attached hydrogen (secondary N) is 3. The third kappa shape index (κ3) is 13.9. The Balaban J connectivity index is 1.82. The molecule has 1 aromatic heterocycles. The van der Waals surface area contributed by atoms with Crippen LogP contribution in [0.2, 0.25) is 18.1 Å². The molecule has 0 aliphatic carbocycles. The minimum absolute atomic E-state index is 0.152. The molecule has 0 unspecified atom stereocenters. The summed E-state index contributed by atoms with van der Waals surface area (Å²) >= 11 is 0. The minimum Gasteiger partial charge on any atom is -0.467 e. The second kappa shape index (κ2) is 21.9. The van der Waals surface area contributed by atoms with Crippen LogP contribution in [0, 0.1) is 11.3 Å². The summed E-state index contributed by atoms with van der Waals surface area (Å²) in [6.45, 7) is 19.0. The smallest absolute Gasteiger partial charge is 0.408 e. The number of ether oxygens (including phenoxy) is 6. The molecule has 19 nitrogen and oxygen atoms in total. The van der Waals surface area contributed by atoms with Gasteiger partial charge in [-0.2, -0.15) is 0 Å². The normalized spacial score (nSPS) is 19.5. The summed E-state index contributed by atoms with van der Waals surface area (Å²) in [6, 6.07) is 13.2. The topological polar surface area (TPSA) is 246 Å². The van der Waals surface area contributed by atoms with E-state index in [9.17, 15) is 38.4 Å². The van der Waals surface area contributed by atoms with Gasteiger partial charge in [0.2, 0.25) is 5.91 Å². The lowest BCUT2D eigenvalue weighted by molar-refractivity contribution is -0.229. The van der Waals surface area contributed by atoms with Crippen LogP contribution in [-0.4, -0.2) is 91.3 Å². The summed E-state index contributed by atoms with van der Waals surface area (Å²) in [5, 5.41) is 5.01. The summed E-state index contributed by atoms with van der Waals surface area (Å²) in [6.07, 6.45) is -7.17. The molecule has 3 N–H and O–H groups in total. The van der Waals surface area contributed by atoms with Gasteiger partial charge in [-0.25, -0.2) is 14.4 Å². The molecule has 0 saturated carbocycles. The van der Waals surface area contributed by atoms with Crippen LogP contribution in [0.5, 0.6) is 5.75 Å². The highest BCUT2D eigenvalue weighted by Gasteiger charge is 2.50.